The summed E-state index contributed by atoms with van der Waals surface area (Å²) in [6, 6.07) is -0.0860. The SMILES string of the molecule is CC(C)CNCc1cncn1C1CCCNC1=O. The number of hydrogen-bond donors (Lipinski definition) is 2. The zero-order valence-electron chi connectivity index (χ0n) is 11.1. The molecule has 1 aromatic heterocycles. The van der Waals surface area contributed by atoms with Crippen LogP contribution in [0.25, 0.3) is 0 Å². The highest BCUT2D eigenvalue weighted by Crippen LogP contribution is 2.19. The van der Waals surface area contributed by atoms with Gasteiger partial charge in [-0.2, -0.15) is 0 Å². The summed E-state index contributed by atoms with van der Waals surface area (Å²) in [6.07, 6.45) is 5.55. The molecule has 0 bridgehead atoms. The van der Waals surface area contributed by atoms with Crippen molar-refractivity contribution >= 4 is 5.91 Å². The van der Waals surface area contributed by atoms with Crippen LogP contribution in [0.1, 0.15) is 38.4 Å². The Kier molecular flexibility index (Phi) is 4.36. The van der Waals surface area contributed by atoms with Gasteiger partial charge in [0.25, 0.3) is 0 Å². The quantitative estimate of drug-likeness (QED) is 0.822. The Hall–Kier alpha value is -1.36. The summed E-state index contributed by atoms with van der Waals surface area (Å²) in [5.74, 6) is 0.740. The summed E-state index contributed by atoms with van der Waals surface area (Å²) < 4.78 is 2.00. The minimum absolute atomic E-state index is 0.0860. The van der Waals surface area contributed by atoms with E-state index in [0.717, 1.165) is 38.2 Å². The first-order chi connectivity index (χ1) is 8.68. The molecule has 2 heterocycles. The van der Waals surface area contributed by atoms with Crippen molar-refractivity contribution < 1.29 is 4.79 Å². The normalized spacial score (nSPS) is 20.2. The maximum absolute atomic E-state index is 11.8. The smallest absolute Gasteiger partial charge is 0.243 e. The molecule has 0 aliphatic carbocycles. The molecule has 100 valence electrons. The number of hydrogen-bond acceptors (Lipinski definition) is 3. The number of nitrogens with one attached hydrogen (secondary N) is 2. The second-order valence-electron chi connectivity index (χ2n) is 5.27. The molecule has 2 N–H and O–H groups in total. The van der Waals surface area contributed by atoms with E-state index in [1.165, 1.54) is 0 Å². The lowest BCUT2D eigenvalue weighted by molar-refractivity contribution is -0.125. The van der Waals surface area contributed by atoms with E-state index in [0.29, 0.717) is 5.92 Å². The van der Waals surface area contributed by atoms with Crippen molar-refractivity contribution in [3.63, 3.8) is 0 Å². The molecule has 18 heavy (non-hydrogen) atoms. The van der Waals surface area contributed by atoms with Gasteiger partial charge in [-0.25, -0.2) is 4.98 Å². The Bertz CT molecular complexity index is 399. The van der Waals surface area contributed by atoms with E-state index < -0.39 is 0 Å². The number of piperidine rings is 1. The summed E-state index contributed by atoms with van der Waals surface area (Å²) in [4.78, 5) is 16.0. The van der Waals surface area contributed by atoms with Crippen LogP contribution in [0.5, 0.6) is 0 Å². The van der Waals surface area contributed by atoms with E-state index in [-0.39, 0.29) is 11.9 Å². The number of imidazole rings is 1. The molecule has 0 aromatic carbocycles. The second-order valence-corrected chi connectivity index (χ2v) is 5.27. The number of aromatic nitrogens is 2. The van der Waals surface area contributed by atoms with Gasteiger partial charge in [-0.1, -0.05) is 13.8 Å². The van der Waals surface area contributed by atoms with Crippen LogP contribution in [0.4, 0.5) is 0 Å². The van der Waals surface area contributed by atoms with Crippen molar-refractivity contribution in [1.29, 1.82) is 0 Å². The van der Waals surface area contributed by atoms with Gasteiger partial charge in [0.2, 0.25) is 5.91 Å². The van der Waals surface area contributed by atoms with Gasteiger partial charge in [-0.05, 0) is 25.3 Å². The van der Waals surface area contributed by atoms with Gasteiger partial charge < -0.3 is 15.2 Å². The lowest BCUT2D eigenvalue weighted by Crippen LogP contribution is -2.38. The maximum atomic E-state index is 11.8. The molecule has 1 saturated heterocycles. The first-order valence-corrected chi connectivity index (χ1v) is 6.67. The summed E-state index contributed by atoms with van der Waals surface area (Å²) in [7, 11) is 0. The third kappa shape index (κ3) is 3.10. The van der Waals surface area contributed by atoms with Gasteiger partial charge >= 0.3 is 0 Å². The van der Waals surface area contributed by atoms with Crippen molar-refractivity contribution in [1.82, 2.24) is 20.2 Å². The van der Waals surface area contributed by atoms with Crippen LogP contribution in [-0.4, -0.2) is 28.5 Å². The van der Waals surface area contributed by atoms with Crippen molar-refractivity contribution in [2.75, 3.05) is 13.1 Å². The Morgan fingerprint density at radius 2 is 2.44 bits per heavy atom. The Balaban J connectivity index is 2.00. The molecular formula is C13H22N4O. The minimum atomic E-state index is -0.0860. The Labute approximate surface area is 108 Å². The van der Waals surface area contributed by atoms with E-state index in [2.05, 4.69) is 29.5 Å². The highest BCUT2D eigenvalue weighted by molar-refractivity contribution is 5.81. The Morgan fingerprint density at radius 3 is 3.17 bits per heavy atom. The van der Waals surface area contributed by atoms with Gasteiger partial charge in [-0.3, -0.25) is 4.79 Å². The highest BCUT2D eigenvalue weighted by Gasteiger charge is 2.24. The maximum Gasteiger partial charge on any atom is 0.243 e. The second kappa shape index (κ2) is 6.00. The summed E-state index contributed by atoms with van der Waals surface area (Å²) in [5.41, 5.74) is 1.08. The third-order valence-corrected chi connectivity index (χ3v) is 3.20. The van der Waals surface area contributed by atoms with Crippen molar-refractivity contribution in [2.45, 2.75) is 39.3 Å². The molecule has 5 heteroatoms. The van der Waals surface area contributed by atoms with E-state index in [1.54, 1.807) is 6.33 Å². The van der Waals surface area contributed by atoms with Crippen LogP contribution >= 0.6 is 0 Å². The molecule has 1 unspecified atom stereocenters. The molecule has 1 aliphatic rings. The van der Waals surface area contributed by atoms with Gasteiger partial charge in [0, 0.05) is 19.3 Å². The number of rotatable bonds is 5. The molecule has 0 radical (unpaired) electrons. The predicted octanol–water partition coefficient (Wildman–Crippen LogP) is 1.08. The molecule has 0 saturated carbocycles. The molecule has 2 rings (SSSR count). The lowest BCUT2D eigenvalue weighted by atomic mass is 10.1. The van der Waals surface area contributed by atoms with E-state index >= 15 is 0 Å². The highest BCUT2D eigenvalue weighted by atomic mass is 16.2. The zero-order chi connectivity index (χ0) is 13.0. The van der Waals surface area contributed by atoms with Crippen LogP contribution in [0.3, 0.4) is 0 Å². The molecular weight excluding hydrogens is 228 g/mol. The molecule has 1 fully saturated rings. The molecule has 1 aromatic rings. The fraction of sp³-hybridized carbons (Fsp3) is 0.692. The first kappa shape index (κ1) is 13.1. The van der Waals surface area contributed by atoms with Crippen LogP contribution in [0.15, 0.2) is 12.5 Å². The number of nitrogens with zero attached hydrogens (tertiary/aromatic N) is 2. The largest absolute Gasteiger partial charge is 0.354 e. The van der Waals surface area contributed by atoms with E-state index in [1.807, 2.05) is 10.8 Å². The van der Waals surface area contributed by atoms with E-state index in [4.69, 9.17) is 0 Å². The van der Waals surface area contributed by atoms with Gasteiger partial charge in [0.1, 0.15) is 6.04 Å². The summed E-state index contributed by atoms with van der Waals surface area (Å²) in [6.45, 7) is 6.90. The monoisotopic (exact) mass is 250 g/mol. The van der Waals surface area contributed by atoms with Crippen LogP contribution in [0.2, 0.25) is 0 Å². The van der Waals surface area contributed by atoms with Crippen molar-refractivity contribution in [3.05, 3.63) is 18.2 Å². The summed E-state index contributed by atoms with van der Waals surface area (Å²) in [5, 5.41) is 6.30. The van der Waals surface area contributed by atoms with Crippen molar-refractivity contribution in [2.24, 2.45) is 5.92 Å². The van der Waals surface area contributed by atoms with Crippen LogP contribution in [-0.2, 0) is 11.3 Å². The van der Waals surface area contributed by atoms with Gasteiger partial charge in [-0.15, -0.1) is 0 Å². The standard InChI is InChI=1S/C13H22N4O/c1-10(2)6-14-7-11-8-15-9-17(11)12-4-3-5-16-13(12)18/h8-10,12,14H,3-7H2,1-2H3,(H,16,18). The fourth-order valence-electron chi connectivity index (χ4n) is 2.26. The molecule has 1 aliphatic heterocycles. The van der Waals surface area contributed by atoms with Gasteiger partial charge in [0.15, 0.2) is 0 Å². The van der Waals surface area contributed by atoms with Gasteiger partial charge in [0.05, 0.1) is 12.0 Å². The van der Waals surface area contributed by atoms with Crippen molar-refractivity contribution in [3.8, 4) is 0 Å². The average Bonchev–Trinajstić information content (AvgIpc) is 2.77. The fourth-order valence-corrected chi connectivity index (χ4v) is 2.26. The number of amides is 1. The third-order valence-electron chi connectivity index (χ3n) is 3.20. The minimum Gasteiger partial charge on any atom is -0.354 e. The number of carbonyl (C=O) groups is 1. The predicted molar refractivity (Wildman–Crippen MR) is 70.1 cm³/mol. The van der Waals surface area contributed by atoms with E-state index in [9.17, 15) is 4.79 Å². The number of carbonyl (C=O) groups excluding carboxylic acids is 1. The molecule has 0 spiro atoms. The van der Waals surface area contributed by atoms with Crippen LogP contribution in [0, 0.1) is 5.92 Å². The lowest BCUT2D eigenvalue weighted by Gasteiger charge is -2.24. The molecule has 1 atom stereocenters. The molecule has 5 nitrogen and oxygen atoms in total. The summed E-state index contributed by atoms with van der Waals surface area (Å²) >= 11 is 0. The molecule has 1 amide bonds. The zero-order valence-corrected chi connectivity index (χ0v) is 11.1. The average molecular weight is 250 g/mol. The Morgan fingerprint density at radius 1 is 1.61 bits per heavy atom. The van der Waals surface area contributed by atoms with Crippen LogP contribution < -0.4 is 10.6 Å². The topological polar surface area (TPSA) is 59.0 Å². The first-order valence-electron chi connectivity index (χ1n) is 6.67.